The SMILES string of the molecule is CCCCC(CNC(=O)OC(C)(C)C)NC(=NCc1nnc(C)n1C)NC1CCCC1.I. The maximum Gasteiger partial charge on any atom is 0.407 e. The van der Waals surface area contributed by atoms with E-state index in [2.05, 4.69) is 33.1 Å². The minimum absolute atomic E-state index is 0. The van der Waals surface area contributed by atoms with Gasteiger partial charge < -0.3 is 25.3 Å². The Kier molecular flexibility index (Phi) is 12.3. The molecule has 184 valence electrons. The van der Waals surface area contributed by atoms with Crippen molar-refractivity contribution in [3.05, 3.63) is 11.6 Å². The summed E-state index contributed by atoms with van der Waals surface area (Å²) in [4.78, 5) is 16.9. The Morgan fingerprint density at radius 1 is 1.28 bits per heavy atom. The Hall–Kier alpha value is -1.59. The monoisotopic (exact) mass is 563 g/mol. The van der Waals surface area contributed by atoms with E-state index in [1.165, 1.54) is 12.8 Å². The van der Waals surface area contributed by atoms with Gasteiger partial charge in [0.25, 0.3) is 0 Å². The Labute approximate surface area is 210 Å². The number of halogens is 1. The zero-order valence-electron chi connectivity index (χ0n) is 20.5. The van der Waals surface area contributed by atoms with Gasteiger partial charge in [0, 0.05) is 25.7 Å². The van der Waals surface area contributed by atoms with Crippen LogP contribution in [-0.2, 0) is 18.3 Å². The molecule has 1 heterocycles. The van der Waals surface area contributed by atoms with Crippen LogP contribution in [0.1, 0.15) is 84.3 Å². The lowest BCUT2D eigenvalue weighted by molar-refractivity contribution is 0.0522. The molecule has 1 amide bonds. The highest BCUT2D eigenvalue weighted by atomic mass is 127. The first-order valence-electron chi connectivity index (χ1n) is 11.6. The Balaban J connectivity index is 0.00000512. The van der Waals surface area contributed by atoms with Gasteiger partial charge in [-0.05, 0) is 47.0 Å². The molecule has 3 N–H and O–H groups in total. The summed E-state index contributed by atoms with van der Waals surface area (Å²) >= 11 is 0. The third kappa shape index (κ3) is 10.4. The van der Waals surface area contributed by atoms with E-state index in [1.54, 1.807) is 0 Å². The number of guanidine groups is 1. The second kappa shape index (κ2) is 13.8. The standard InChI is InChI=1S/C22H41N7O2.HI/c1-7-8-11-18(14-24-21(30)31-22(3,4)5)26-20(25-17-12-9-10-13-17)23-15-19-28-27-16(2)29(19)6;/h17-18H,7-15H2,1-6H3,(H,24,30)(H2,23,25,26);1H. The van der Waals surface area contributed by atoms with Crippen LogP contribution in [0.5, 0.6) is 0 Å². The maximum atomic E-state index is 12.1. The van der Waals surface area contributed by atoms with Crippen molar-refractivity contribution < 1.29 is 9.53 Å². The highest BCUT2D eigenvalue weighted by molar-refractivity contribution is 14.0. The van der Waals surface area contributed by atoms with E-state index >= 15 is 0 Å². The van der Waals surface area contributed by atoms with Crippen molar-refractivity contribution in [3.63, 3.8) is 0 Å². The topological polar surface area (TPSA) is 105 Å². The number of nitrogens with zero attached hydrogens (tertiary/aromatic N) is 4. The first-order chi connectivity index (χ1) is 14.7. The summed E-state index contributed by atoms with van der Waals surface area (Å²) in [5, 5.41) is 18.4. The van der Waals surface area contributed by atoms with Crippen LogP contribution in [0, 0.1) is 6.92 Å². The average Bonchev–Trinajstić information content (AvgIpc) is 3.31. The number of unbranched alkanes of at least 4 members (excludes halogenated alkanes) is 1. The van der Waals surface area contributed by atoms with Gasteiger partial charge in [-0.15, -0.1) is 34.2 Å². The second-order valence-corrected chi connectivity index (χ2v) is 9.38. The van der Waals surface area contributed by atoms with Crippen molar-refractivity contribution >= 4 is 36.0 Å². The van der Waals surface area contributed by atoms with Crippen LogP contribution in [0.25, 0.3) is 0 Å². The number of aliphatic imine (C=N–C) groups is 1. The Morgan fingerprint density at radius 2 is 1.97 bits per heavy atom. The molecule has 1 atom stereocenters. The molecule has 0 bridgehead atoms. The van der Waals surface area contributed by atoms with Gasteiger partial charge >= 0.3 is 6.09 Å². The van der Waals surface area contributed by atoms with Crippen LogP contribution in [-0.4, -0.2) is 51.0 Å². The van der Waals surface area contributed by atoms with Crippen LogP contribution in [0.15, 0.2) is 4.99 Å². The number of nitrogens with one attached hydrogen (secondary N) is 3. The van der Waals surface area contributed by atoms with E-state index in [-0.39, 0.29) is 30.0 Å². The van der Waals surface area contributed by atoms with Crippen molar-refractivity contribution in [1.82, 2.24) is 30.7 Å². The molecule has 0 saturated heterocycles. The van der Waals surface area contributed by atoms with Crippen LogP contribution in [0.3, 0.4) is 0 Å². The van der Waals surface area contributed by atoms with Crippen LogP contribution in [0.4, 0.5) is 4.79 Å². The second-order valence-electron chi connectivity index (χ2n) is 9.38. The van der Waals surface area contributed by atoms with Crippen molar-refractivity contribution in [2.24, 2.45) is 12.0 Å². The zero-order valence-corrected chi connectivity index (χ0v) is 22.9. The van der Waals surface area contributed by atoms with Crippen molar-refractivity contribution in [1.29, 1.82) is 0 Å². The van der Waals surface area contributed by atoms with Gasteiger partial charge in [-0.2, -0.15) is 0 Å². The average molecular weight is 564 g/mol. The van der Waals surface area contributed by atoms with E-state index < -0.39 is 11.7 Å². The summed E-state index contributed by atoms with van der Waals surface area (Å²) in [6.45, 7) is 10.6. The lowest BCUT2D eigenvalue weighted by Gasteiger charge is -2.25. The number of hydrogen-bond acceptors (Lipinski definition) is 5. The molecule has 0 aromatic carbocycles. The fourth-order valence-corrected chi connectivity index (χ4v) is 3.52. The molecule has 1 aliphatic carbocycles. The number of aryl methyl sites for hydroxylation is 1. The Bertz CT molecular complexity index is 724. The third-order valence-corrected chi connectivity index (χ3v) is 5.40. The first-order valence-corrected chi connectivity index (χ1v) is 11.6. The number of hydrogen-bond donors (Lipinski definition) is 3. The fourth-order valence-electron chi connectivity index (χ4n) is 3.52. The molecule has 0 aliphatic heterocycles. The van der Waals surface area contributed by atoms with Gasteiger partial charge in [-0.3, -0.25) is 0 Å². The van der Waals surface area contributed by atoms with E-state index in [4.69, 9.17) is 9.73 Å². The summed E-state index contributed by atoms with van der Waals surface area (Å²) in [6, 6.07) is 0.486. The van der Waals surface area contributed by atoms with Crippen LogP contribution in [0.2, 0.25) is 0 Å². The molecule has 0 spiro atoms. The van der Waals surface area contributed by atoms with Gasteiger partial charge in [-0.1, -0.05) is 32.6 Å². The summed E-state index contributed by atoms with van der Waals surface area (Å²) in [7, 11) is 1.95. The largest absolute Gasteiger partial charge is 0.444 e. The molecule has 1 fully saturated rings. The lowest BCUT2D eigenvalue weighted by atomic mass is 10.1. The molecule has 1 aromatic heterocycles. The van der Waals surface area contributed by atoms with Gasteiger partial charge in [0.2, 0.25) is 0 Å². The number of alkyl carbamates (subject to hydrolysis) is 1. The minimum atomic E-state index is -0.513. The first kappa shape index (κ1) is 28.4. The molecule has 0 radical (unpaired) electrons. The summed E-state index contributed by atoms with van der Waals surface area (Å²) in [6.07, 6.45) is 7.48. The van der Waals surface area contributed by atoms with Crippen LogP contribution < -0.4 is 16.0 Å². The summed E-state index contributed by atoms with van der Waals surface area (Å²) < 4.78 is 7.34. The minimum Gasteiger partial charge on any atom is -0.444 e. The van der Waals surface area contributed by atoms with Crippen molar-refractivity contribution in [2.45, 2.75) is 104 Å². The zero-order chi connectivity index (χ0) is 22.9. The molecule has 1 aromatic rings. The molecular formula is C22H42IN7O2. The Morgan fingerprint density at radius 3 is 2.53 bits per heavy atom. The number of carbonyl (C=O) groups is 1. The van der Waals surface area contributed by atoms with E-state index in [1.807, 2.05) is 39.3 Å². The van der Waals surface area contributed by atoms with E-state index in [0.29, 0.717) is 19.1 Å². The van der Waals surface area contributed by atoms with Gasteiger partial charge in [-0.25, -0.2) is 9.79 Å². The van der Waals surface area contributed by atoms with Gasteiger partial charge in [0.15, 0.2) is 11.8 Å². The normalized spacial score (nSPS) is 15.8. The predicted octanol–water partition coefficient (Wildman–Crippen LogP) is 3.80. The number of aromatic nitrogens is 3. The molecular weight excluding hydrogens is 521 g/mol. The fraction of sp³-hybridized carbons (Fsp3) is 0.818. The quantitative estimate of drug-likeness (QED) is 0.240. The maximum absolute atomic E-state index is 12.1. The number of amides is 1. The molecule has 32 heavy (non-hydrogen) atoms. The van der Waals surface area contributed by atoms with Crippen LogP contribution >= 0.6 is 24.0 Å². The number of ether oxygens (including phenoxy) is 1. The lowest BCUT2D eigenvalue weighted by Crippen LogP contribution is -2.51. The predicted molar refractivity (Wildman–Crippen MR) is 138 cm³/mol. The number of carbonyl (C=O) groups excluding carboxylic acids is 1. The molecule has 10 heteroatoms. The molecule has 1 aliphatic rings. The van der Waals surface area contributed by atoms with E-state index in [0.717, 1.165) is 49.7 Å². The molecule has 1 unspecified atom stereocenters. The van der Waals surface area contributed by atoms with Crippen molar-refractivity contribution in [2.75, 3.05) is 6.54 Å². The number of rotatable bonds is 9. The van der Waals surface area contributed by atoms with E-state index in [9.17, 15) is 4.79 Å². The molecule has 2 rings (SSSR count). The highest BCUT2D eigenvalue weighted by Gasteiger charge is 2.20. The van der Waals surface area contributed by atoms with Crippen molar-refractivity contribution in [3.8, 4) is 0 Å². The summed E-state index contributed by atoms with van der Waals surface area (Å²) in [5.41, 5.74) is -0.513. The smallest absolute Gasteiger partial charge is 0.407 e. The van der Waals surface area contributed by atoms with Gasteiger partial charge in [0.05, 0.1) is 0 Å². The molecule has 9 nitrogen and oxygen atoms in total. The third-order valence-electron chi connectivity index (χ3n) is 5.40. The summed E-state index contributed by atoms with van der Waals surface area (Å²) in [5.74, 6) is 2.45. The molecule has 1 saturated carbocycles. The van der Waals surface area contributed by atoms with Gasteiger partial charge in [0.1, 0.15) is 18.0 Å². The highest BCUT2D eigenvalue weighted by Crippen LogP contribution is 2.17.